The zero-order valence-corrected chi connectivity index (χ0v) is 14.8. The van der Waals surface area contributed by atoms with Crippen molar-refractivity contribution in [2.75, 3.05) is 12.4 Å². The molecule has 6 nitrogen and oxygen atoms in total. The van der Waals surface area contributed by atoms with E-state index in [-0.39, 0.29) is 5.91 Å². The molecule has 0 atom stereocenters. The molecule has 128 valence electrons. The van der Waals surface area contributed by atoms with Crippen LogP contribution in [0.2, 0.25) is 5.02 Å². The lowest BCUT2D eigenvalue weighted by Crippen LogP contribution is -2.13. The lowest BCUT2D eigenvalue weighted by Gasteiger charge is -2.13. The van der Waals surface area contributed by atoms with Crippen LogP contribution >= 0.6 is 11.6 Å². The van der Waals surface area contributed by atoms with E-state index in [0.29, 0.717) is 22.0 Å². The Morgan fingerprint density at radius 1 is 1.20 bits per heavy atom. The van der Waals surface area contributed by atoms with Gasteiger partial charge in [-0.15, -0.1) is 0 Å². The Kier molecular flexibility index (Phi) is 4.72. The largest absolute Gasteiger partial charge is 0.495 e. The van der Waals surface area contributed by atoms with E-state index >= 15 is 0 Å². The Hall–Kier alpha value is -2.86. The van der Waals surface area contributed by atoms with E-state index in [9.17, 15) is 4.79 Å². The van der Waals surface area contributed by atoms with Gasteiger partial charge < -0.3 is 10.1 Å². The average Bonchev–Trinajstić information content (AvgIpc) is 3.12. The number of nitrogens with one attached hydrogen (secondary N) is 1. The molecule has 2 aromatic carbocycles. The van der Waals surface area contributed by atoms with Gasteiger partial charge in [-0.2, -0.15) is 5.10 Å². The molecule has 1 amide bonds. The second kappa shape index (κ2) is 6.94. The Morgan fingerprint density at radius 3 is 2.64 bits per heavy atom. The van der Waals surface area contributed by atoms with Crippen molar-refractivity contribution in [2.45, 2.75) is 13.8 Å². The maximum atomic E-state index is 12.6. The van der Waals surface area contributed by atoms with Crippen LogP contribution in [0.15, 0.2) is 43.0 Å². The number of carbonyl (C=O) groups is 1. The molecule has 0 aliphatic heterocycles. The molecule has 0 fully saturated rings. The number of rotatable bonds is 4. The first-order chi connectivity index (χ1) is 12.0. The third-order valence-corrected chi connectivity index (χ3v) is 4.26. The lowest BCUT2D eigenvalue weighted by molar-refractivity contribution is 0.102. The van der Waals surface area contributed by atoms with E-state index in [1.807, 2.05) is 26.0 Å². The normalized spacial score (nSPS) is 10.6. The van der Waals surface area contributed by atoms with Crippen molar-refractivity contribution >= 4 is 23.2 Å². The van der Waals surface area contributed by atoms with Crippen LogP contribution in [0.3, 0.4) is 0 Å². The molecular weight excluding hydrogens is 340 g/mol. The molecule has 3 aromatic rings. The Morgan fingerprint density at radius 2 is 2.00 bits per heavy atom. The first-order valence-corrected chi connectivity index (χ1v) is 7.98. The number of nitrogens with zero attached hydrogens (tertiary/aromatic N) is 3. The quantitative estimate of drug-likeness (QED) is 0.772. The van der Waals surface area contributed by atoms with Crippen LogP contribution < -0.4 is 10.1 Å². The maximum Gasteiger partial charge on any atom is 0.255 e. The van der Waals surface area contributed by atoms with Gasteiger partial charge in [0.05, 0.1) is 18.5 Å². The van der Waals surface area contributed by atoms with Gasteiger partial charge in [-0.3, -0.25) is 4.79 Å². The summed E-state index contributed by atoms with van der Waals surface area (Å²) in [5, 5.41) is 7.56. The Bertz CT molecular complexity index is 923. The molecule has 0 saturated carbocycles. The minimum Gasteiger partial charge on any atom is -0.495 e. The van der Waals surface area contributed by atoms with Crippen molar-refractivity contribution in [3.05, 3.63) is 64.7 Å². The van der Waals surface area contributed by atoms with E-state index in [1.165, 1.54) is 13.4 Å². The van der Waals surface area contributed by atoms with Crippen LogP contribution in [0.25, 0.3) is 5.69 Å². The van der Waals surface area contributed by atoms with Crippen LogP contribution in [0.5, 0.6) is 5.75 Å². The number of benzene rings is 2. The number of ether oxygens (including phenoxy) is 1. The molecule has 0 bridgehead atoms. The van der Waals surface area contributed by atoms with Gasteiger partial charge in [-0.1, -0.05) is 11.6 Å². The van der Waals surface area contributed by atoms with Crippen molar-refractivity contribution < 1.29 is 9.53 Å². The van der Waals surface area contributed by atoms with Crippen molar-refractivity contribution in [2.24, 2.45) is 0 Å². The van der Waals surface area contributed by atoms with Gasteiger partial charge in [0.2, 0.25) is 0 Å². The number of aryl methyl sites for hydroxylation is 2. The molecule has 1 heterocycles. The summed E-state index contributed by atoms with van der Waals surface area (Å²) in [6.07, 6.45) is 3.08. The number of amides is 1. The standard InChI is InChI=1S/C18H17ClN4O2/c1-11-7-15(17(25-3)8-14(11)19)22-18(24)13-4-5-16(12(2)6-13)23-10-20-9-21-23/h4-10H,1-3H3,(H,22,24). The van der Waals surface area contributed by atoms with Gasteiger partial charge in [0, 0.05) is 16.7 Å². The first-order valence-electron chi connectivity index (χ1n) is 7.60. The van der Waals surface area contributed by atoms with Crippen LogP contribution in [-0.4, -0.2) is 27.8 Å². The highest BCUT2D eigenvalue weighted by Gasteiger charge is 2.13. The van der Waals surface area contributed by atoms with Gasteiger partial charge in [0.15, 0.2) is 0 Å². The molecule has 3 rings (SSSR count). The molecular formula is C18H17ClN4O2. The summed E-state index contributed by atoms with van der Waals surface area (Å²) < 4.78 is 6.95. The van der Waals surface area contributed by atoms with Gasteiger partial charge >= 0.3 is 0 Å². The maximum absolute atomic E-state index is 12.6. The highest BCUT2D eigenvalue weighted by atomic mass is 35.5. The summed E-state index contributed by atoms with van der Waals surface area (Å²) in [6, 6.07) is 8.86. The fourth-order valence-electron chi connectivity index (χ4n) is 2.51. The molecule has 0 radical (unpaired) electrons. The van der Waals surface area contributed by atoms with E-state index in [1.54, 1.807) is 29.2 Å². The number of anilines is 1. The zero-order chi connectivity index (χ0) is 18.0. The highest BCUT2D eigenvalue weighted by molar-refractivity contribution is 6.31. The minimum atomic E-state index is -0.228. The van der Waals surface area contributed by atoms with Crippen LogP contribution in [0.4, 0.5) is 5.69 Å². The van der Waals surface area contributed by atoms with Gasteiger partial charge in [-0.25, -0.2) is 9.67 Å². The average molecular weight is 357 g/mol. The SMILES string of the molecule is COc1cc(Cl)c(C)cc1NC(=O)c1ccc(-n2cncn2)c(C)c1. The molecule has 1 aromatic heterocycles. The second-order valence-corrected chi connectivity index (χ2v) is 6.00. The number of aromatic nitrogens is 3. The topological polar surface area (TPSA) is 69.0 Å². The zero-order valence-electron chi connectivity index (χ0n) is 14.1. The van der Waals surface area contributed by atoms with Crippen molar-refractivity contribution in [1.82, 2.24) is 14.8 Å². The van der Waals surface area contributed by atoms with E-state index in [2.05, 4.69) is 15.4 Å². The van der Waals surface area contributed by atoms with Crippen LogP contribution in [0, 0.1) is 13.8 Å². The smallest absolute Gasteiger partial charge is 0.255 e. The van der Waals surface area contributed by atoms with Gasteiger partial charge in [-0.05, 0) is 49.2 Å². The first kappa shape index (κ1) is 17.0. The fraction of sp³-hybridized carbons (Fsp3) is 0.167. The van der Waals surface area contributed by atoms with Crippen molar-refractivity contribution in [1.29, 1.82) is 0 Å². The molecule has 25 heavy (non-hydrogen) atoms. The predicted molar refractivity (Wildman–Crippen MR) is 96.8 cm³/mol. The molecule has 0 spiro atoms. The van der Waals surface area contributed by atoms with Crippen LogP contribution in [-0.2, 0) is 0 Å². The summed E-state index contributed by atoms with van der Waals surface area (Å²) in [5.41, 5.74) is 3.75. The number of carbonyl (C=O) groups excluding carboxylic acids is 1. The number of hydrogen-bond acceptors (Lipinski definition) is 4. The monoisotopic (exact) mass is 356 g/mol. The number of methoxy groups -OCH3 is 1. The van der Waals surface area contributed by atoms with E-state index in [0.717, 1.165) is 16.8 Å². The number of hydrogen-bond donors (Lipinski definition) is 1. The fourth-order valence-corrected chi connectivity index (χ4v) is 2.66. The predicted octanol–water partition coefficient (Wildman–Crippen LogP) is 3.80. The summed E-state index contributed by atoms with van der Waals surface area (Å²) in [7, 11) is 1.54. The molecule has 0 aliphatic rings. The molecule has 0 unspecified atom stereocenters. The van der Waals surface area contributed by atoms with E-state index < -0.39 is 0 Å². The summed E-state index contributed by atoms with van der Waals surface area (Å²) in [4.78, 5) is 16.5. The number of halogens is 1. The Balaban J connectivity index is 1.87. The van der Waals surface area contributed by atoms with E-state index in [4.69, 9.17) is 16.3 Å². The molecule has 0 aliphatic carbocycles. The minimum absolute atomic E-state index is 0.228. The summed E-state index contributed by atoms with van der Waals surface area (Å²) >= 11 is 6.10. The molecule has 1 N–H and O–H groups in total. The van der Waals surface area contributed by atoms with Crippen LogP contribution in [0.1, 0.15) is 21.5 Å². The second-order valence-electron chi connectivity index (χ2n) is 5.60. The summed E-state index contributed by atoms with van der Waals surface area (Å²) in [6.45, 7) is 3.79. The lowest BCUT2D eigenvalue weighted by atomic mass is 10.1. The van der Waals surface area contributed by atoms with Gasteiger partial charge in [0.25, 0.3) is 5.91 Å². The summed E-state index contributed by atoms with van der Waals surface area (Å²) in [5.74, 6) is 0.285. The Labute approximate surface area is 150 Å². The van der Waals surface area contributed by atoms with Crippen molar-refractivity contribution in [3.63, 3.8) is 0 Å². The van der Waals surface area contributed by atoms with Crippen molar-refractivity contribution in [3.8, 4) is 11.4 Å². The molecule has 0 saturated heterocycles. The highest BCUT2D eigenvalue weighted by Crippen LogP contribution is 2.31. The molecule has 7 heteroatoms. The van der Waals surface area contributed by atoms with Gasteiger partial charge in [0.1, 0.15) is 18.4 Å². The third-order valence-electron chi connectivity index (χ3n) is 3.85. The third kappa shape index (κ3) is 3.49.